The Labute approximate surface area is 202 Å². The monoisotopic (exact) mass is 563 g/mol. The van der Waals surface area contributed by atoms with Crippen LogP contribution in [0, 0.1) is 5.92 Å². The van der Waals surface area contributed by atoms with Gasteiger partial charge < -0.3 is 15.5 Å². The third-order valence-electron chi connectivity index (χ3n) is 5.69. The van der Waals surface area contributed by atoms with E-state index in [1.54, 1.807) is 4.31 Å². The molecule has 2 saturated heterocycles. The molecule has 1 amide bonds. The van der Waals surface area contributed by atoms with Crippen molar-refractivity contribution >= 4 is 51.6 Å². The number of nitrogens with zero attached hydrogens (tertiary/aromatic N) is 3. The van der Waals surface area contributed by atoms with E-state index in [2.05, 4.69) is 15.6 Å². The average molecular weight is 564 g/mol. The molecule has 1 aromatic rings. The number of halogens is 1. The summed E-state index contributed by atoms with van der Waals surface area (Å²) in [7, 11) is -3.09. The highest BCUT2D eigenvalue weighted by Gasteiger charge is 2.25. The summed E-state index contributed by atoms with van der Waals surface area (Å²) < 4.78 is 24.8. The molecule has 8 nitrogen and oxygen atoms in total. The van der Waals surface area contributed by atoms with E-state index >= 15 is 0 Å². The van der Waals surface area contributed by atoms with E-state index in [0.717, 1.165) is 56.1 Å². The number of piperidine rings is 1. The number of aliphatic imine (C=N–C) groups is 1. The molecule has 3 rings (SSSR count). The lowest BCUT2D eigenvalue weighted by molar-refractivity contribution is -0.117. The second kappa shape index (κ2) is 12.0. The third-order valence-corrected chi connectivity index (χ3v) is 6.99. The molecule has 0 bridgehead atoms. The van der Waals surface area contributed by atoms with Crippen molar-refractivity contribution in [3.63, 3.8) is 0 Å². The Balaban J connectivity index is 0.00000341. The number of carbonyl (C=O) groups excluding carboxylic acids is 1. The van der Waals surface area contributed by atoms with E-state index in [4.69, 9.17) is 0 Å². The Bertz CT molecular complexity index is 852. The van der Waals surface area contributed by atoms with Crippen LogP contribution in [0.2, 0.25) is 0 Å². The molecule has 2 heterocycles. The first kappa shape index (κ1) is 25.9. The van der Waals surface area contributed by atoms with E-state index in [9.17, 15) is 13.2 Å². The zero-order chi connectivity index (χ0) is 21.6. The van der Waals surface area contributed by atoms with Crippen LogP contribution in [0.15, 0.2) is 29.3 Å². The van der Waals surface area contributed by atoms with Gasteiger partial charge in [0.15, 0.2) is 5.96 Å². The predicted octanol–water partition coefficient (Wildman–Crippen LogP) is 2.16. The molecule has 0 saturated carbocycles. The van der Waals surface area contributed by atoms with Gasteiger partial charge in [-0.2, -0.15) is 0 Å². The summed E-state index contributed by atoms with van der Waals surface area (Å²) >= 11 is 0. The van der Waals surface area contributed by atoms with Crippen LogP contribution < -0.4 is 15.5 Å². The number of carbonyl (C=O) groups is 1. The van der Waals surface area contributed by atoms with Crippen LogP contribution in [0.4, 0.5) is 5.69 Å². The quantitative estimate of drug-likeness (QED) is 0.302. The number of sulfonamides is 1. The van der Waals surface area contributed by atoms with E-state index in [1.807, 2.05) is 36.1 Å². The van der Waals surface area contributed by atoms with Gasteiger partial charge in [-0.15, -0.1) is 24.0 Å². The Hall–Kier alpha value is -1.40. The Kier molecular flexibility index (Phi) is 10.0. The highest BCUT2D eigenvalue weighted by molar-refractivity contribution is 14.0. The summed E-state index contributed by atoms with van der Waals surface area (Å²) in [6, 6.07) is 8.03. The lowest BCUT2D eigenvalue weighted by Crippen LogP contribution is -2.44. The van der Waals surface area contributed by atoms with Crippen LogP contribution in [0.5, 0.6) is 0 Å². The molecule has 31 heavy (non-hydrogen) atoms. The average Bonchev–Trinajstić information content (AvgIpc) is 3.16. The van der Waals surface area contributed by atoms with Crippen molar-refractivity contribution in [2.24, 2.45) is 10.9 Å². The maximum atomic E-state index is 11.9. The molecular formula is C21H34IN5O3S. The molecule has 0 atom stereocenters. The molecule has 2 fully saturated rings. The first-order valence-electron chi connectivity index (χ1n) is 10.7. The van der Waals surface area contributed by atoms with Crippen molar-refractivity contribution in [2.75, 3.05) is 43.9 Å². The minimum atomic E-state index is -3.09. The SMILES string of the molecule is CCNC(=NCc1ccc(N2CCCC2=O)cc1)NCC1CCN(S(C)(=O)=O)CC1.I. The first-order valence-corrected chi connectivity index (χ1v) is 12.6. The van der Waals surface area contributed by atoms with Gasteiger partial charge in [0.2, 0.25) is 15.9 Å². The number of rotatable bonds is 7. The molecule has 174 valence electrons. The number of anilines is 1. The minimum absolute atomic E-state index is 0. The van der Waals surface area contributed by atoms with Gasteiger partial charge in [-0.3, -0.25) is 4.79 Å². The second-order valence-electron chi connectivity index (χ2n) is 8.00. The molecule has 0 spiro atoms. The summed E-state index contributed by atoms with van der Waals surface area (Å²) in [6.07, 6.45) is 4.55. The summed E-state index contributed by atoms with van der Waals surface area (Å²) in [5.74, 6) is 1.40. The topological polar surface area (TPSA) is 94.1 Å². The van der Waals surface area contributed by atoms with Gasteiger partial charge in [0.05, 0.1) is 12.8 Å². The fraction of sp³-hybridized carbons (Fsp3) is 0.619. The number of hydrogen-bond donors (Lipinski definition) is 2. The normalized spacial score (nSPS) is 18.7. The minimum Gasteiger partial charge on any atom is -0.357 e. The van der Waals surface area contributed by atoms with E-state index < -0.39 is 10.0 Å². The van der Waals surface area contributed by atoms with Crippen molar-refractivity contribution in [2.45, 2.75) is 39.2 Å². The van der Waals surface area contributed by atoms with E-state index in [0.29, 0.717) is 32.0 Å². The number of hydrogen-bond acceptors (Lipinski definition) is 4. The lowest BCUT2D eigenvalue weighted by atomic mass is 9.98. The summed E-state index contributed by atoms with van der Waals surface area (Å²) in [5.41, 5.74) is 2.04. The van der Waals surface area contributed by atoms with Crippen LogP contribution >= 0.6 is 24.0 Å². The molecule has 2 N–H and O–H groups in total. The first-order chi connectivity index (χ1) is 14.4. The number of amides is 1. The van der Waals surface area contributed by atoms with E-state index in [1.165, 1.54) is 6.26 Å². The van der Waals surface area contributed by atoms with Gasteiger partial charge in [-0.25, -0.2) is 17.7 Å². The summed E-state index contributed by atoms with van der Waals surface area (Å²) in [6.45, 7) is 6.11. The van der Waals surface area contributed by atoms with Crippen LogP contribution in [-0.2, 0) is 21.4 Å². The van der Waals surface area contributed by atoms with Gasteiger partial charge in [0.25, 0.3) is 0 Å². The van der Waals surface area contributed by atoms with Gasteiger partial charge in [-0.1, -0.05) is 12.1 Å². The number of guanidine groups is 1. The fourth-order valence-electron chi connectivity index (χ4n) is 3.90. The van der Waals surface area contributed by atoms with Gasteiger partial charge in [0.1, 0.15) is 0 Å². The van der Waals surface area contributed by atoms with Crippen LogP contribution in [0.25, 0.3) is 0 Å². The predicted molar refractivity (Wildman–Crippen MR) is 135 cm³/mol. The molecule has 1 aromatic carbocycles. The Morgan fingerprint density at radius 2 is 1.81 bits per heavy atom. The molecule has 0 radical (unpaired) electrons. The molecule has 0 unspecified atom stereocenters. The van der Waals surface area contributed by atoms with Crippen molar-refractivity contribution in [3.05, 3.63) is 29.8 Å². The van der Waals surface area contributed by atoms with Crippen LogP contribution in [-0.4, -0.2) is 63.6 Å². The van der Waals surface area contributed by atoms with Crippen molar-refractivity contribution < 1.29 is 13.2 Å². The smallest absolute Gasteiger partial charge is 0.227 e. The highest BCUT2D eigenvalue weighted by atomic mass is 127. The van der Waals surface area contributed by atoms with Crippen molar-refractivity contribution in [1.29, 1.82) is 0 Å². The molecule has 2 aliphatic heterocycles. The number of benzene rings is 1. The van der Waals surface area contributed by atoms with Gasteiger partial charge in [0, 0.05) is 44.8 Å². The van der Waals surface area contributed by atoms with Crippen molar-refractivity contribution in [3.8, 4) is 0 Å². The van der Waals surface area contributed by atoms with E-state index in [-0.39, 0.29) is 29.9 Å². The van der Waals surface area contributed by atoms with Crippen molar-refractivity contribution in [1.82, 2.24) is 14.9 Å². The second-order valence-corrected chi connectivity index (χ2v) is 9.98. The molecular weight excluding hydrogens is 529 g/mol. The summed E-state index contributed by atoms with van der Waals surface area (Å²) in [4.78, 5) is 18.4. The summed E-state index contributed by atoms with van der Waals surface area (Å²) in [5, 5.41) is 6.66. The highest BCUT2D eigenvalue weighted by Crippen LogP contribution is 2.22. The molecule has 0 aliphatic carbocycles. The van der Waals surface area contributed by atoms with Crippen LogP contribution in [0.1, 0.15) is 38.2 Å². The lowest BCUT2D eigenvalue weighted by Gasteiger charge is -2.30. The van der Waals surface area contributed by atoms with Gasteiger partial charge in [-0.05, 0) is 49.8 Å². The number of nitrogens with one attached hydrogen (secondary N) is 2. The Morgan fingerprint density at radius 3 is 2.35 bits per heavy atom. The molecule has 0 aromatic heterocycles. The fourth-order valence-corrected chi connectivity index (χ4v) is 4.77. The van der Waals surface area contributed by atoms with Crippen LogP contribution in [0.3, 0.4) is 0 Å². The molecule has 2 aliphatic rings. The maximum Gasteiger partial charge on any atom is 0.227 e. The standard InChI is InChI=1S/C21H33N5O3S.HI/c1-3-22-21(24-16-18-10-13-25(14-11-18)30(2,28)29)23-15-17-6-8-19(9-7-17)26-12-4-5-20(26)27;/h6-9,18H,3-5,10-16H2,1-2H3,(H2,22,23,24);1H. The zero-order valence-electron chi connectivity index (χ0n) is 18.3. The zero-order valence-corrected chi connectivity index (χ0v) is 21.5. The Morgan fingerprint density at radius 1 is 1.13 bits per heavy atom. The largest absolute Gasteiger partial charge is 0.357 e. The maximum absolute atomic E-state index is 11.9. The van der Waals surface area contributed by atoms with Gasteiger partial charge >= 0.3 is 0 Å². The molecule has 10 heteroatoms. The third kappa shape index (κ3) is 7.60.